The van der Waals surface area contributed by atoms with Crippen molar-refractivity contribution < 1.29 is 17.9 Å². The summed E-state index contributed by atoms with van der Waals surface area (Å²) in [5.41, 5.74) is 0.979. The molecule has 4 aromatic rings. The average molecular weight is 468 g/mol. The van der Waals surface area contributed by atoms with E-state index >= 15 is 0 Å². The Kier molecular flexibility index (Phi) is 5.70. The lowest BCUT2D eigenvalue weighted by atomic mass is 10.2. The van der Waals surface area contributed by atoms with Crippen LogP contribution in [0, 0.1) is 0 Å². The van der Waals surface area contributed by atoms with E-state index in [1.807, 2.05) is 0 Å². The fraction of sp³-hybridized carbons (Fsp3) is 0.143. The number of carbonyl (C=O) groups is 1. The van der Waals surface area contributed by atoms with Gasteiger partial charge >= 0.3 is 0 Å². The highest BCUT2D eigenvalue weighted by molar-refractivity contribution is 7.89. The summed E-state index contributed by atoms with van der Waals surface area (Å²) in [6.45, 7) is 0. The van der Waals surface area contributed by atoms with Gasteiger partial charge in [-0.2, -0.15) is 5.10 Å². The molecule has 11 nitrogen and oxygen atoms in total. The first kappa shape index (κ1) is 22.2. The first-order chi connectivity index (χ1) is 15.7. The van der Waals surface area contributed by atoms with Crippen LogP contribution in [-0.4, -0.2) is 59.6 Å². The van der Waals surface area contributed by atoms with E-state index in [0.29, 0.717) is 22.4 Å². The topological polar surface area (TPSA) is 139 Å². The lowest BCUT2D eigenvalue weighted by Gasteiger charge is -2.16. The number of para-hydroxylation sites is 2. The van der Waals surface area contributed by atoms with E-state index in [9.17, 15) is 18.0 Å². The largest absolute Gasteiger partial charge is 0.495 e. The number of amides is 1. The second-order valence-electron chi connectivity index (χ2n) is 7.15. The summed E-state index contributed by atoms with van der Waals surface area (Å²) in [7, 11) is 0.296. The fourth-order valence-corrected chi connectivity index (χ4v) is 4.28. The van der Waals surface area contributed by atoms with Crippen molar-refractivity contribution in [2.45, 2.75) is 4.90 Å². The molecule has 0 bridgehead atoms. The second-order valence-corrected chi connectivity index (χ2v) is 9.27. The number of sulfonamides is 1. The van der Waals surface area contributed by atoms with Gasteiger partial charge in [-0.3, -0.25) is 9.59 Å². The minimum Gasteiger partial charge on any atom is -0.495 e. The first-order valence-electron chi connectivity index (χ1n) is 9.67. The maximum Gasteiger partial charge on any atom is 0.261 e. The van der Waals surface area contributed by atoms with Crippen molar-refractivity contribution in [2.24, 2.45) is 0 Å². The van der Waals surface area contributed by atoms with Gasteiger partial charge in [0.25, 0.3) is 11.5 Å². The Hall–Kier alpha value is -4.03. The smallest absolute Gasteiger partial charge is 0.261 e. The Morgan fingerprint density at radius 3 is 2.67 bits per heavy atom. The molecule has 4 rings (SSSR count). The zero-order chi connectivity index (χ0) is 23.8. The maximum atomic E-state index is 13.0. The van der Waals surface area contributed by atoms with Crippen LogP contribution in [-0.2, 0) is 10.0 Å². The van der Waals surface area contributed by atoms with Crippen LogP contribution < -0.4 is 15.6 Å². The van der Waals surface area contributed by atoms with E-state index in [1.54, 1.807) is 24.3 Å². The molecule has 0 spiro atoms. The van der Waals surface area contributed by atoms with Crippen LogP contribution in [0.1, 0.15) is 10.4 Å². The number of aromatic amines is 1. The van der Waals surface area contributed by atoms with E-state index in [1.165, 1.54) is 56.6 Å². The standard InChI is InChI=1S/C21H20N6O5S/c1-26(2)33(30,31)18-10-13(8-9-17(18)32-3)20(28)25-15-6-4-5-7-16(15)27-19-14(11-24-27)21(29)23-12-22-19/h4-12H,1-3H3,(H,25,28)(H,22,23,29). The number of nitrogens with zero attached hydrogens (tertiary/aromatic N) is 4. The second kappa shape index (κ2) is 8.48. The van der Waals surface area contributed by atoms with Crippen molar-refractivity contribution in [1.82, 2.24) is 24.1 Å². The number of benzene rings is 2. The molecule has 0 atom stereocenters. The minimum atomic E-state index is -3.85. The monoisotopic (exact) mass is 468 g/mol. The van der Waals surface area contributed by atoms with Gasteiger partial charge in [0.1, 0.15) is 16.0 Å². The highest BCUT2D eigenvalue weighted by Gasteiger charge is 2.24. The Labute approximate surface area is 188 Å². The van der Waals surface area contributed by atoms with Gasteiger partial charge in [-0.25, -0.2) is 22.4 Å². The van der Waals surface area contributed by atoms with Gasteiger partial charge in [-0.15, -0.1) is 0 Å². The number of nitrogens with one attached hydrogen (secondary N) is 2. The van der Waals surface area contributed by atoms with E-state index in [2.05, 4.69) is 20.4 Å². The summed E-state index contributed by atoms with van der Waals surface area (Å²) in [6.07, 6.45) is 2.66. The van der Waals surface area contributed by atoms with Crippen molar-refractivity contribution in [1.29, 1.82) is 0 Å². The van der Waals surface area contributed by atoms with Crippen LogP contribution in [0.2, 0.25) is 0 Å². The quantitative estimate of drug-likeness (QED) is 0.438. The highest BCUT2D eigenvalue weighted by Crippen LogP contribution is 2.28. The number of rotatable bonds is 6. The fourth-order valence-electron chi connectivity index (χ4n) is 3.21. The van der Waals surface area contributed by atoms with Crippen molar-refractivity contribution in [3.63, 3.8) is 0 Å². The predicted octanol–water partition coefficient (Wildman–Crippen LogP) is 1.62. The molecule has 0 saturated heterocycles. The maximum absolute atomic E-state index is 13.0. The molecule has 0 aliphatic rings. The number of methoxy groups -OCH3 is 1. The summed E-state index contributed by atoms with van der Waals surface area (Å²) in [5.74, 6) is -0.414. The molecule has 0 fully saturated rings. The number of ether oxygens (including phenoxy) is 1. The van der Waals surface area contributed by atoms with Gasteiger partial charge in [-0.05, 0) is 30.3 Å². The van der Waals surface area contributed by atoms with Gasteiger partial charge in [0, 0.05) is 19.7 Å². The molecular weight excluding hydrogens is 448 g/mol. The van der Waals surface area contributed by atoms with E-state index in [0.717, 1.165) is 4.31 Å². The Morgan fingerprint density at radius 1 is 1.18 bits per heavy atom. The number of hydrogen-bond acceptors (Lipinski definition) is 7. The number of carbonyl (C=O) groups excluding carboxylic acids is 1. The van der Waals surface area contributed by atoms with Gasteiger partial charge in [0.05, 0.1) is 31.0 Å². The molecule has 2 aromatic carbocycles. The van der Waals surface area contributed by atoms with E-state index < -0.39 is 15.9 Å². The molecule has 2 heterocycles. The molecule has 1 amide bonds. The Balaban J connectivity index is 1.74. The highest BCUT2D eigenvalue weighted by atomic mass is 32.2. The summed E-state index contributed by atoms with van der Waals surface area (Å²) in [5, 5.41) is 7.31. The molecule has 0 unspecified atom stereocenters. The zero-order valence-electron chi connectivity index (χ0n) is 17.9. The van der Waals surface area contributed by atoms with Crippen LogP contribution in [0.25, 0.3) is 16.7 Å². The third kappa shape index (κ3) is 3.97. The van der Waals surface area contributed by atoms with E-state index in [4.69, 9.17) is 4.74 Å². The van der Waals surface area contributed by atoms with Gasteiger partial charge in [0.2, 0.25) is 10.0 Å². The predicted molar refractivity (Wildman–Crippen MR) is 121 cm³/mol. The zero-order valence-corrected chi connectivity index (χ0v) is 18.8. The van der Waals surface area contributed by atoms with Crippen LogP contribution >= 0.6 is 0 Å². The molecule has 2 aromatic heterocycles. The number of hydrogen-bond donors (Lipinski definition) is 2. The van der Waals surface area contributed by atoms with Crippen molar-refractivity contribution >= 4 is 32.7 Å². The lowest BCUT2D eigenvalue weighted by molar-refractivity contribution is 0.102. The molecule has 170 valence electrons. The molecule has 33 heavy (non-hydrogen) atoms. The lowest BCUT2D eigenvalue weighted by Crippen LogP contribution is -2.23. The number of aromatic nitrogens is 4. The molecule has 12 heteroatoms. The van der Waals surface area contributed by atoms with Crippen LogP contribution in [0.4, 0.5) is 5.69 Å². The average Bonchev–Trinajstić information content (AvgIpc) is 3.24. The summed E-state index contributed by atoms with van der Waals surface area (Å²) >= 11 is 0. The van der Waals surface area contributed by atoms with Gasteiger partial charge < -0.3 is 15.0 Å². The van der Waals surface area contributed by atoms with Gasteiger partial charge in [0.15, 0.2) is 5.65 Å². The molecule has 2 N–H and O–H groups in total. The number of fused-ring (bicyclic) bond motifs is 1. The third-order valence-electron chi connectivity index (χ3n) is 4.94. The Morgan fingerprint density at radius 2 is 1.94 bits per heavy atom. The SMILES string of the molecule is COc1ccc(C(=O)Nc2ccccc2-n2ncc3c(=O)[nH]cnc32)cc1S(=O)(=O)N(C)C. The molecule has 0 radical (unpaired) electrons. The third-order valence-corrected chi connectivity index (χ3v) is 6.77. The molecule has 0 aliphatic carbocycles. The number of H-pyrrole nitrogens is 1. The molecule has 0 aliphatic heterocycles. The molecular formula is C21H20N6O5S. The summed E-state index contributed by atoms with van der Waals surface area (Å²) in [4.78, 5) is 31.6. The normalized spacial score (nSPS) is 11.6. The van der Waals surface area contributed by atoms with Crippen molar-refractivity contribution in [3.05, 3.63) is 70.9 Å². The van der Waals surface area contributed by atoms with E-state index in [-0.39, 0.29) is 21.8 Å². The summed E-state index contributed by atoms with van der Waals surface area (Å²) < 4.78 is 33.0. The number of anilines is 1. The van der Waals surface area contributed by atoms with Crippen molar-refractivity contribution in [3.8, 4) is 11.4 Å². The Bertz CT molecular complexity index is 1520. The summed E-state index contributed by atoms with van der Waals surface area (Å²) in [6, 6.07) is 11.0. The van der Waals surface area contributed by atoms with Gasteiger partial charge in [-0.1, -0.05) is 12.1 Å². The van der Waals surface area contributed by atoms with Crippen LogP contribution in [0.5, 0.6) is 5.75 Å². The van der Waals surface area contributed by atoms with Crippen molar-refractivity contribution in [2.75, 3.05) is 26.5 Å². The molecule has 0 saturated carbocycles. The minimum absolute atomic E-state index is 0.117. The van der Waals surface area contributed by atoms with Crippen LogP contribution in [0.3, 0.4) is 0 Å². The van der Waals surface area contributed by atoms with Crippen LogP contribution in [0.15, 0.2) is 64.7 Å². The first-order valence-corrected chi connectivity index (χ1v) is 11.1.